The van der Waals surface area contributed by atoms with Crippen molar-refractivity contribution in [3.8, 4) is 11.1 Å². The van der Waals surface area contributed by atoms with E-state index in [0.717, 1.165) is 0 Å². The van der Waals surface area contributed by atoms with Crippen LogP contribution in [-0.2, 0) is 10.0 Å². The summed E-state index contributed by atoms with van der Waals surface area (Å²) in [4.78, 5) is 23.6. The average Bonchev–Trinajstić information content (AvgIpc) is 3.18. The van der Waals surface area contributed by atoms with E-state index >= 15 is 0 Å². The standard InChI is InChI=1S/C22H15NO6S/c24-21(19-12-15-10-11-16(22(25)26)13-18(15)29-19)23-30(27,28)20-9-5-4-8-17(20)14-6-2-1-3-7-14/h1-13H,(H,23,24)(H,25,26). The summed E-state index contributed by atoms with van der Waals surface area (Å²) in [6.45, 7) is 0. The quantitative estimate of drug-likeness (QED) is 0.505. The number of carboxylic acid groups (broad SMARTS) is 1. The van der Waals surface area contributed by atoms with E-state index in [2.05, 4.69) is 0 Å². The molecule has 3 aromatic carbocycles. The number of aromatic carboxylic acids is 1. The molecule has 0 unspecified atom stereocenters. The van der Waals surface area contributed by atoms with Gasteiger partial charge in [-0.15, -0.1) is 0 Å². The zero-order valence-electron chi connectivity index (χ0n) is 15.4. The Balaban J connectivity index is 1.67. The van der Waals surface area contributed by atoms with Gasteiger partial charge >= 0.3 is 11.9 Å². The number of hydrogen-bond donors (Lipinski definition) is 2. The molecule has 2 N–H and O–H groups in total. The van der Waals surface area contributed by atoms with Crippen molar-refractivity contribution in [3.05, 3.63) is 90.2 Å². The van der Waals surface area contributed by atoms with Gasteiger partial charge in [0.2, 0.25) is 0 Å². The molecule has 1 aromatic heterocycles. The van der Waals surface area contributed by atoms with E-state index in [1.54, 1.807) is 42.5 Å². The molecule has 30 heavy (non-hydrogen) atoms. The number of benzene rings is 3. The number of sulfonamides is 1. The summed E-state index contributed by atoms with van der Waals surface area (Å²) >= 11 is 0. The second-order valence-electron chi connectivity index (χ2n) is 6.47. The van der Waals surface area contributed by atoms with Crippen molar-refractivity contribution in [2.75, 3.05) is 0 Å². The molecular formula is C22H15NO6S. The van der Waals surface area contributed by atoms with E-state index in [4.69, 9.17) is 9.52 Å². The van der Waals surface area contributed by atoms with Crippen molar-refractivity contribution in [3.63, 3.8) is 0 Å². The van der Waals surface area contributed by atoms with Gasteiger partial charge in [0, 0.05) is 10.9 Å². The van der Waals surface area contributed by atoms with E-state index in [1.165, 1.54) is 30.3 Å². The van der Waals surface area contributed by atoms with Crippen LogP contribution < -0.4 is 4.72 Å². The topological polar surface area (TPSA) is 114 Å². The van der Waals surface area contributed by atoms with Crippen molar-refractivity contribution >= 4 is 32.9 Å². The molecule has 0 bridgehead atoms. The maximum absolute atomic E-state index is 12.9. The lowest BCUT2D eigenvalue weighted by Gasteiger charge is -2.11. The van der Waals surface area contributed by atoms with Gasteiger partial charge in [0.05, 0.1) is 10.5 Å². The predicted molar refractivity (Wildman–Crippen MR) is 110 cm³/mol. The first-order chi connectivity index (χ1) is 14.3. The highest BCUT2D eigenvalue weighted by Gasteiger charge is 2.24. The predicted octanol–water partition coefficient (Wildman–Crippen LogP) is 3.92. The van der Waals surface area contributed by atoms with Crippen LogP contribution in [0, 0.1) is 0 Å². The van der Waals surface area contributed by atoms with Crippen LogP contribution >= 0.6 is 0 Å². The molecule has 0 fully saturated rings. The van der Waals surface area contributed by atoms with Crippen LogP contribution in [0.5, 0.6) is 0 Å². The maximum Gasteiger partial charge on any atom is 0.335 e. The van der Waals surface area contributed by atoms with Gasteiger partial charge in [-0.05, 0) is 29.8 Å². The van der Waals surface area contributed by atoms with E-state index < -0.39 is 21.9 Å². The van der Waals surface area contributed by atoms with E-state index in [0.29, 0.717) is 16.5 Å². The zero-order valence-corrected chi connectivity index (χ0v) is 16.2. The molecule has 0 saturated carbocycles. The highest BCUT2D eigenvalue weighted by atomic mass is 32.2. The number of carbonyl (C=O) groups is 2. The lowest BCUT2D eigenvalue weighted by molar-refractivity contribution is 0.0696. The summed E-state index contributed by atoms with van der Waals surface area (Å²) in [5.41, 5.74) is 1.31. The molecule has 0 aliphatic heterocycles. The molecule has 1 heterocycles. The first-order valence-electron chi connectivity index (χ1n) is 8.84. The van der Waals surface area contributed by atoms with E-state index in [9.17, 15) is 18.0 Å². The van der Waals surface area contributed by atoms with Crippen molar-refractivity contribution < 1.29 is 27.5 Å². The molecule has 1 amide bonds. The van der Waals surface area contributed by atoms with Crippen LogP contribution in [0.2, 0.25) is 0 Å². The fourth-order valence-corrected chi connectivity index (χ4v) is 4.25. The van der Waals surface area contributed by atoms with Crippen LogP contribution in [0.1, 0.15) is 20.9 Å². The van der Waals surface area contributed by atoms with Gasteiger partial charge in [0.25, 0.3) is 10.0 Å². The molecule has 0 radical (unpaired) electrons. The minimum Gasteiger partial charge on any atom is -0.478 e. The van der Waals surface area contributed by atoms with E-state index in [-0.39, 0.29) is 21.8 Å². The Labute approximate surface area is 171 Å². The summed E-state index contributed by atoms with van der Waals surface area (Å²) in [7, 11) is -4.20. The van der Waals surface area contributed by atoms with E-state index in [1.807, 2.05) is 10.8 Å². The first kappa shape index (κ1) is 19.4. The fraction of sp³-hybridized carbons (Fsp3) is 0. The molecule has 0 aliphatic carbocycles. The van der Waals surface area contributed by atoms with Crippen molar-refractivity contribution in [2.24, 2.45) is 0 Å². The molecule has 4 aromatic rings. The lowest BCUT2D eigenvalue weighted by Crippen LogP contribution is -2.30. The van der Waals surface area contributed by atoms with Crippen LogP contribution in [0.4, 0.5) is 0 Å². The molecule has 0 spiro atoms. The number of furan rings is 1. The van der Waals surface area contributed by atoms with Gasteiger partial charge in [-0.2, -0.15) is 0 Å². The first-order valence-corrected chi connectivity index (χ1v) is 10.3. The van der Waals surface area contributed by atoms with Crippen molar-refractivity contribution in [1.82, 2.24) is 4.72 Å². The second-order valence-corrected chi connectivity index (χ2v) is 8.12. The van der Waals surface area contributed by atoms with Gasteiger partial charge in [-0.25, -0.2) is 17.9 Å². The SMILES string of the molecule is O=C(O)c1ccc2cc(C(=O)NS(=O)(=O)c3ccccc3-c3ccccc3)oc2c1. The summed E-state index contributed by atoms with van der Waals surface area (Å²) in [5, 5.41) is 9.54. The molecule has 0 saturated heterocycles. The molecule has 150 valence electrons. The second kappa shape index (κ2) is 7.49. The molecule has 0 atom stereocenters. The number of amides is 1. The molecule has 4 rings (SSSR count). The van der Waals surface area contributed by atoms with Gasteiger partial charge < -0.3 is 9.52 Å². The van der Waals surface area contributed by atoms with Crippen LogP contribution in [-0.4, -0.2) is 25.4 Å². The van der Waals surface area contributed by atoms with Crippen LogP contribution in [0.3, 0.4) is 0 Å². The Kier molecular flexibility index (Phi) is 4.85. The Morgan fingerprint density at radius 2 is 1.57 bits per heavy atom. The summed E-state index contributed by atoms with van der Waals surface area (Å²) in [6.07, 6.45) is 0. The summed E-state index contributed by atoms with van der Waals surface area (Å²) in [5.74, 6) is -2.33. The fourth-order valence-electron chi connectivity index (χ4n) is 3.06. The molecule has 8 heteroatoms. The number of hydrogen-bond acceptors (Lipinski definition) is 5. The molecule has 0 aliphatic rings. The Morgan fingerprint density at radius 3 is 2.30 bits per heavy atom. The number of rotatable bonds is 5. The third-order valence-corrected chi connectivity index (χ3v) is 5.87. The van der Waals surface area contributed by atoms with Gasteiger partial charge in [0.1, 0.15) is 5.58 Å². The third-order valence-electron chi connectivity index (χ3n) is 4.48. The highest BCUT2D eigenvalue weighted by Crippen LogP contribution is 2.27. The van der Waals surface area contributed by atoms with Gasteiger partial charge in [-0.3, -0.25) is 4.79 Å². The maximum atomic E-state index is 12.9. The highest BCUT2D eigenvalue weighted by molar-refractivity contribution is 7.90. The average molecular weight is 421 g/mol. The number of fused-ring (bicyclic) bond motifs is 1. The molecular weight excluding hydrogens is 406 g/mol. The third kappa shape index (κ3) is 3.68. The Bertz CT molecular complexity index is 1370. The van der Waals surface area contributed by atoms with Gasteiger partial charge in [0.15, 0.2) is 5.76 Å². The van der Waals surface area contributed by atoms with Crippen molar-refractivity contribution in [2.45, 2.75) is 4.90 Å². The summed E-state index contributed by atoms with van der Waals surface area (Å²) in [6, 6.07) is 20.8. The Hall–Kier alpha value is -3.91. The number of carboxylic acids is 1. The van der Waals surface area contributed by atoms with Crippen molar-refractivity contribution in [1.29, 1.82) is 0 Å². The monoisotopic (exact) mass is 421 g/mol. The van der Waals surface area contributed by atoms with Crippen LogP contribution in [0.25, 0.3) is 22.1 Å². The molecule has 7 nitrogen and oxygen atoms in total. The summed E-state index contributed by atoms with van der Waals surface area (Å²) < 4.78 is 33.2. The lowest BCUT2D eigenvalue weighted by atomic mass is 10.1. The van der Waals surface area contributed by atoms with Crippen LogP contribution in [0.15, 0.2) is 88.2 Å². The Morgan fingerprint density at radius 1 is 0.867 bits per heavy atom. The normalized spacial score (nSPS) is 11.3. The minimum absolute atomic E-state index is 0.00628. The number of carbonyl (C=O) groups excluding carboxylic acids is 1. The minimum atomic E-state index is -4.20. The smallest absolute Gasteiger partial charge is 0.335 e. The largest absolute Gasteiger partial charge is 0.478 e. The van der Waals surface area contributed by atoms with Gasteiger partial charge in [-0.1, -0.05) is 54.6 Å². The zero-order chi connectivity index (χ0) is 21.3. The number of nitrogens with one attached hydrogen (secondary N) is 1.